The zero-order chi connectivity index (χ0) is 17.1. The Morgan fingerprint density at radius 3 is 2.58 bits per heavy atom. The summed E-state index contributed by atoms with van der Waals surface area (Å²) in [6.45, 7) is 3.64. The second kappa shape index (κ2) is 6.80. The van der Waals surface area contributed by atoms with Gasteiger partial charge >= 0.3 is 0 Å². The van der Waals surface area contributed by atoms with E-state index in [9.17, 15) is 9.59 Å². The Balaban J connectivity index is 1.84. The molecule has 0 aliphatic carbocycles. The third kappa shape index (κ3) is 3.44. The van der Waals surface area contributed by atoms with Crippen molar-refractivity contribution < 1.29 is 4.79 Å². The molecule has 24 heavy (non-hydrogen) atoms. The Morgan fingerprint density at radius 1 is 1.17 bits per heavy atom. The standard InChI is InChI=1S/C18H17N3O2S/c1-12-5-7-14(8-6-12)19-18(23)13(2)21-17(22)10-9-15(20-21)16-4-3-11-24-16/h3-11,13H,1-2H3,(H,19,23). The van der Waals surface area contributed by atoms with E-state index in [1.165, 1.54) is 22.1 Å². The Hall–Kier alpha value is -2.73. The van der Waals surface area contributed by atoms with Crippen molar-refractivity contribution in [1.29, 1.82) is 0 Å². The van der Waals surface area contributed by atoms with E-state index in [0.717, 1.165) is 10.4 Å². The fourth-order valence-corrected chi connectivity index (χ4v) is 2.94. The first-order chi connectivity index (χ1) is 11.5. The first-order valence-electron chi connectivity index (χ1n) is 7.56. The zero-order valence-electron chi connectivity index (χ0n) is 13.4. The molecular weight excluding hydrogens is 322 g/mol. The van der Waals surface area contributed by atoms with Crippen LogP contribution >= 0.6 is 11.3 Å². The number of carbonyl (C=O) groups excluding carboxylic acids is 1. The maximum Gasteiger partial charge on any atom is 0.267 e. The van der Waals surface area contributed by atoms with Gasteiger partial charge in [0, 0.05) is 11.8 Å². The maximum absolute atomic E-state index is 12.4. The third-order valence-electron chi connectivity index (χ3n) is 3.66. The van der Waals surface area contributed by atoms with Crippen LogP contribution in [0.2, 0.25) is 0 Å². The van der Waals surface area contributed by atoms with Crippen LogP contribution in [0.15, 0.2) is 58.7 Å². The highest BCUT2D eigenvalue weighted by Gasteiger charge is 2.18. The number of amides is 1. The average Bonchev–Trinajstić information content (AvgIpc) is 3.11. The van der Waals surface area contributed by atoms with Crippen LogP contribution in [0, 0.1) is 6.92 Å². The Labute approximate surface area is 143 Å². The highest BCUT2D eigenvalue weighted by molar-refractivity contribution is 7.13. The molecule has 0 saturated heterocycles. The van der Waals surface area contributed by atoms with Gasteiger partial charge in [-0.15, -0.1) is 11.3 Å². The monoisotopic (exact) mass is 339 g/mol. The van der Waals surface area contributed by atoms with Gasteiger partial charge in [-0.3, -0.25) is 9.59 Å². The lowest BCUT2D eigenvalue weighted by molar-refractivity contribution is -0.119. The van der Waals surface area contributed by atoms with Gasteiger partial charge < -0.3 is 5.32 Å². The van der Waals surface area contributed by atoms with Gasteiger partial charge in [0.15, 0.2) is 0 Å². The number of thiophene rings is 1. The first kappa shape index (κ1) is 16.1. The smallest absolute Gasteiger partial charge is 0.267 e. The number of hydrogen-bond acceptors (Lipinski definition) is 4. The van der Waals surface area contributed by atoms with Crippen LogP contribution in [-0.4, -0.2) is 15.7 Å². The van der Waals surface area contributed by atoms with Crippen LogP contribution in [-0.2, 0) is 4.79 Å². The van der Waals surface area contributed by atoms with Crippen molar-refractivity contribution in [2.75, 3.05) is 5.32 Å². The molecule has 1 aromatic carbocycles. The lowest BCUT2D eigenvalue weighted by Gasteiger charge is -2.14. The van der Waals surface area contributed by atoms with Gasteiger partial charge in [0.05, 0.1) is 4.88 Å². The molecule has 122 valence electrons. The summed E-state index contributed by atoms with van der Waals surface area (Å²) >= 11 is 1.54. The van der Waals surface area contributed by atoms with Crippen LogP contribution < -0.4 is 10.9 Å². The fraction of sp³-hybridized carbons (Fsp3) is 0.167. The quantitative estimate of drug-likeness (QED) is 0.791. The molecule has 0 radical (unpaired) electrons. The van der Waals surface area contributed by atoms with Crippen molar-refractivity contribution >= 4 is 22.9 Å². The van der Waals surface area contributed by atoms with Crippen molar-refractivity contribution in [3.05, 3.63) is 69.8 Å². The molecule has 2 aromatic heterocycles. The van der Waals surface area contributed by atoms with Gasteiger partial charge in [-0.25, -0.2) is 4.68 Å². The minimum absolute atomic E-state index is 0.281. The molecule has 1 unspecified atom stereocenters. The summed E-state index contributed by atoms with van der Waals surface area (Å²) in [4.78, 5) is 25.5. The number of carbonyl (C=O) groups is 1. The molecule has 3 aromatic rings. The summed E-state index contributed by atoms with van der Waals surface area (Å²) in [7, 11) is 0. The molecule has 1 atom stereocenters. The number of rotatable bonds is 4. The van der Waals surface area contributed by atoms with Gasteiger partial charge in [0.1, 0.15) is 11.7 Å². The minimum Gasteiger partial charge on any atom is -0.324 e. The number of anilines is 1. The number of aromatic nitrogens is 2. The summed E-state index contributed by atoms with van der Waals surface area (Å²) in [5.74, 6) is -0.281. The van der Waals surface area contributed by atoms with E-state index in [0.29, 0.717) is 11.4 Å². The van der Waals surface area contributed by atoms with Crippen LogP contribution in [0.4, 0.5) is 5.69 Å². The molecule has 2 heterocycles. The van der Waals surface area contributed by atoms with Crippen molar-refractivity contribution in [1.82, 2.24) is 9.78 Å². The second-order valence-electron chi connectivity index (χ2n) is 5.51. The molecule has 6 heteroatoms. The molecule has 1 N–H and O–H groups in total. The summed E-state index contributed by atoms with van der Waals surface area (Å²) in [6, 6.07) is 13.8. The van der Waals surface area contributed by atoms with E-state index >= 15 is 0 Å². The lowest BCUT2D eigenvalue weighted by Crippen LogP contribution is -2.33. The fourth-order valence-electron chi connectivity index (χ4n) is 2.25. The van der Waals surface area contributed by atoms with Gasteiger partial charge in [0.2, 0.25) is 5.91 Å². The summed E-state index contributed by atoms with van der Waals surface area (Å²) in [5, 5.41) is 9.10. The summed E-state index contributed by atoms with van der Waals surface area (Å²) < 4.78 is 1.22. The molecule has 1 amide bonds. The molecule has 3 rings (SSSR count). The second-order valence-corrected chi connectivity index (χ2v) is 6.46. The number of nitrogens with zero attached hydrogens (tertiary/aromatic N) is 2. The molecule has 0 aliphatic rings. The van der Waals surface area contributed by atoms with E-state index in [-0.39, 0.29) is 11.5 Å². The summed E-state index contributed by atoms with van der Waals surface area (Å²) in [5.41, 5.74) is 2.18. The highest BCUT2D eigenvalue weighted by Crippen LogP contribution is 2.21. The highest BCUT2D eigenvalue weighted by atomic mass is 32.1. The van der Waals surface area contributed by atoms with Gasteiger partial charge in [-0.2, -0.15) is 5.10 Å². The number of benzene rings is 1. The normalized spacial score (nSPS) is 11.9. The molecular formula is C18H17N3O2S. The Kier molecular flexibility index (Phi) is 4.57. The van der Waals surface area contributed by atoms with Gasteiger partial charge in [-0.05, 0) is 43.5 Å². The molecule has 0 spiro atoms. The largest absolute Gasteiger partial charge is 0.324 e. The number of hydrogen-bond donors (Lipinski definition) is 1. The van der Waals surface area contributed by atoms with Crippen LogP contribution in [0.1, 0.15) is 18.5 Å². The lowest BCUT2D eigenvalue weighted by atomic mass is 10.2. The van der Waals surface area contributed by atoms with E-state index in [2.05, 4.69) is 10.4 Å². The Morgan fingerprint density at radius 2 is 1.92 bits per heavy atom. The Bertz CT molecular complexity index is 899. The predicted octanol–water partition coefficient (Wildman–Crippen LogP) is 3.48. The molecule has 0 saturated carbocycles. The van der Waals surface area contributed by atoms with Crippen molar-refractivity contribution in [3.8, 4) is 10.6 Å². The molecule has 0 fully saturated rings. The number of aryl methyl sites for hydroxylation is 1. The van der Waals surface area contributed by atoms with Gasteiger partial charge in [0.25, 0.3) is 5.56 Å². The maximum atomic E-state index is 12.4. The predicted molar refractivity (Wildman–Crippen MR) is 96.3 cm³/mol. The summed E-state index contributed by atoms with van der Waals surface area (Å²) in [6.07, 6.45) is 0. The number of nitrogens with one attached hydrogen (secondary N) is 1. The zero-order valence-corrected chi connectivity index (χ0v) is 14.2. The van der Waals surface area contributed by atoms with Gasteiger partial charge in [-0.1, -0.05) is 23.8 Å². The van der Waals surface area contributed by atoms with E-state index in [4.69, 9.17) is 0 Å². The minimum atomic E-state index is -0.710. The van der Waals surface area contributed by atoms with E-state index in [1.54, 1.807) is 13.0 Å². The average molecular weight is 339 g/mol. The van der Waals surface area contributed by atoms with E-state index < -0.39 is 6.04 Å². The van der Waals surface area contributed by atoms with Crippen molar-refractivity contribution in [2.45, 2.75) is 19.9 Å². The van der Waals surface area contributed by atoms with Crippen LogP contribution in [0.25, 0.3) is 10.6 Å². The molecule has 0 aliphatic heterocycles. The van der Waals surface area contributed by atoms with Crippen LogP contribution in [0.3, 0.4) is 0 Å². The third-order valence-corrected chi connectivity index (χ3v) is 4.56. The first-order valence-corrected chi connectivity index (χ1v) is 8.44. The van der Waals surface area contributed by atoms with Crippen molar-refractivity contribution in [3.63, 3.8) is 0 Å². The van der Waals surface area contributed by atoms with Crippen molar-refractivity contribution in [2.24, 2.45) is 0 Å². The molecule has 5 nitrogen and oxygen atoms in total. The van der Waals surface area contributed by atoms with E-state index in [1.807, 2.05) is 48.7 Å². The SMILES string of the molecule is Cc1ccc(NC(=O)C(C)n2nc(-c3cccs3)ccc2=O)cc1. The topological polar surface area (TPSA) is 64.0 Å². The molecule has 0 bridgehead atoms. The van der Waals surface area contributed by atoms with Crippen LogP contribution in [0.5, 0.6) is 0 Å².